The van der Waals surface area contributed by atoms with Crippen molar-refractivity contribution in [1.82, 2.24) is 5.32 Å². The van der Waals surface area contributed by atoms with Gasteiger partial charge < -0.3 is 10.4 Å². The lowest BCUT2D eigenvalue weighted by atomic mass is 9.99. The van der Waals surface area contributed by atoms with E-state index in [1.807, 2.05) is 0 Å². The number of thioether (sulfide) groups is 1. The van der Waals surface area contributed by atoms with Gasteiger partial charge >= 0.3 is 0 Å². The van der Waals surface area contributed by atoms with E-state index in [0.29, 0.717) is 6.61 Å². The first-order valence-electron chi connectivity index (χ1n) is 6.24. The van der Waals surface area contributed by atoms with E-state index in [2.05, 4.69) is 30.9 Å². The Bertz CT molecular complexity index is 177. The average Bonchev–Trinajstić information content (AvgIpc) is 2.68. The smallest absolute Gasteiger partial charge is 0.0613 e. The molecule has 2 N–H and O–H groups in total. The van der Waals surface area contributed by atoms with Crippen LogP contribution in [0.1, 0.15) is 46.0 Å². The van der Waals surface area contributed by atoms with E-state index in [1.54, 1.807) is 0 Å². The minimum atomic E-state index is 0.0431. The molecule has 1 saturated carbocycles. The third-order valence-corrected chi connectivity index (χ3v) is 4.69. The van der Waals surface area contributed by atoms with Crippen molar-refractivity contribution in [3.8, 4) is 0 Å². The molecule has 3 heteroatoms. The number of hydrogen-bond donors (Lipinski definition) is 2. The maximum atomic E-state index is 9.51. The Balaban J connectivity index is 2.35. The van der Waals surface area contributed by atoms with Gasteiger partial charge in [-0.05, 0) is 44.4 Å². The Labute approximate surface area is 98.2 Å². The van der Waals surface area contributed by atoms with Gasteiger partial charge in [-0.2, -0.15) is 11.8 Å². The third kappa shape index (κ3) is 3.97. The molecule has 15 heavy (non-hydrogen) atoms. The Morgan fingerprint density at radius 1 is 1.40 bits per heavy atom. The van der Waals surface area contributed by atoms with Crippen LogP contribution in [0.25, 0.3) is 0 Å². The molecule has 0 aliphatic heterocycles. The van der Waals surface area contributed by atoms with Crippen molar-refractivity contribution in [2.45, 2.75) is 56.7 Å². The molecule has 0 amide bonds. The fourth-order valence-corrected chi connectivity index (χ4v) is 3.54. The van der Waals surface area contributed by atoms with E-state index in [0.717, 1.165) is 31.1 Å². The first kappa shape index (κ1) is 13.3. The number of nitrogens with one attached hydrogen (secondary N) is 1. The van der Waals surface area contributed by atoms with Crippen LogP contribution in [0.2, 0.25) is 0 Å². The van der Waals surface area contributed by atoms with E-state index in [4.69, 9.17) is 0 Å². The number of aliphatic hydroxyl groups is 1. The largest absolute Gasteiger partial charge is 0.394 e. The van der Waals surface area contributed by atoms with Crippen molar-refractivity contribution in [3.05, 3.63) is 0 Å². The summed E-state index contributed by atoms with van der Waals surface area (Å²) in [5.41, 5.74) is 0.0431. The predicted octanol–water partition coefficient (Wildman–Crippen LogP) is 2.41. The first-order chi connectivity index (χ1) is 7.26. The molecule has 0 bridgehead atoms. The van der Waals surface area contributed by atoms with Gasteiger partial charge in [-0.25, -0.2) is 0 Å². The van der Waals surface area contributed by atoms with E-state index >= 15 is 0 Å². The second kappa shape index (κ2) is 6.77. The lowest BCUT2D eigenvalue weighted by molar-refractivity contribution is 0.165. The molecule has 0 heterocycles. The molecular weight excluding hydrogens is 206 g/mol. The first-order valence-corrected chi connectivity index (χ1v) is 7.28. The Hall–Kier alpha value is 0.270. The van der Waals surface area contributed by atoms with Crippen LogP contribution in [0.15, 0.2) is 0 Å². The van der Waals surface area contributed by atoms with Gasteiger partial charge in [0.1, 0.15) is 0 Å². The monoisotopic (exact) mass is 231 g/mol. The molecule has 0 radical (unpaired) electrons. The zero-order chi connectivity index (χ0) is 11.1. The van der Waals surface area contributed by atoms with Crippen molar-refractivity contribution >= 4 is 11.8 Å². The second-order valence-corrected chi connectivity index (χ2v) is 6.01. The van der Waals surface area contributed by atoms with E-state index in [-0.39, 0.29) is 5.54 Å². The molecule has 1 rings (SSSR count). The third-order valence-electron chi connectivity index (χ3n) is 3.17. The van der Waals surface area contributed by atoms with Crippen molar-refractivity contribution < 1.29 is 5.11 Å². The normalized spacial score (nSPS) is 31.0. The second-order valence-electron chi connectivity index (χ2n) is 4.60. The molecule has 2 unspecified atom stereocenters. The van der Waals surface area contributed by atoms with Crippen molar-refractivity contribution in [2.75, 3.05) is 18.9 Å². The van der Waals surface area contributed by atoms with Gasteiger partial charge in [0.15, 0.2) is 0 Å². The van der Waals surface area contributed by atoms with Crippen LogP contribution in [-0.4, -0.2) is 34.8 Å². The lowest BCUT2D eigenvalue weighted by Crippen LogP contribution is -2.46. The summed E-state index contributed by atoms with van der Waals surface area (Å²) >= 11 is 2.08. The average molecular weight is 231 g/mol. The molecular formula is C12H25NOS. The molecule has 1 fully saturated rings. The lowest BCUT2D eigenvalue weighted by Gasteiger charge is -2.28. The van der Waals surface area contributed by atoms with Gasteiger partial charge in [-0.1, -0.05) is 13.8 Å². The minimum Gasteiger partial charge on any atom is -0.394 e. The highest BCUT2D eigenvalue weighted by atomic mass is 32.2. The van der Waals surface area contributed by atoms with Crippen molar-refractivity contribution in [2.24, 2.45) is 0 Å². The highest BCUT2D eigenvalue weighted by Crippen LogP contribution is 2.37. The Kier molecular flexibility index (Phi) is 6.02. The highest BCUT2D eigenvalue weighted by molar-refractivity contribution is 7.99. The molecule has 1 aliphatic rings. The molecule has 0 aromatic heterocycles. The summed E-state index contributed by atoms with van der Waals surface area (Å²) in [4.78, 5) is 0. The number of hydrogen-bond acceptors (Lipinski definition) is 3. The molecule has 0 aromatic rings. The Morgan fingerprint density at radius 2 is 2.20 bits per heavy atom. The Morgan fingerprint density at radius 3 is 2.80 bits per heavy atom. The van der Waals surface area contributed by atoms with Gasteiger partial charge in [-0.3, -0.25) is 0 Å². The summed E-state index contributed by atoms with van der Waals surface area (Å²) in [7, 11) is 0. The van der Waals surface area contributed by atoms with Crippen LogP contribution in [0.3, 0.4) is 0 Å². The van der Waals surface area contributed by atoms with Gasteiger partial charge in [0.25, 0.3) is 0 Å². The number of aliphatic hydroxyl groups excluding tert-OH is 1. The van der Waals surface area contributed by atoms with Crippen LogP contribution < -0.4 is 5.32 Å². The summed E-state index contributed by atoms with van der Waals surface area (Å²) in [5.74, 6) is 1.26. The fourth-order valence-electron chi connectivity index (χ4n) is 2.25. The van der Waals surface area contributed by atoms with Crippen molar-refractivity contribution in [3.63, 3.8) is 0 Å². The molecule has 1 aliphatic carbocycles. The van der Waals surface area contributed by atoms with Gasteiger partial charge in [-0.15, -0.1) is 0 Å². The summed E-state index contributed by atoms with van der Waals surface area (Å²) in [6.45, 7) is 5.74. The van der Waals surface area contributed by atoms with Crippen LogP contribution >= 0.6 is 11.8 Å². The van der Waals surface area contributed by atoms with Crippen LogP contribution in [-0.2, 0) is 0 Å². The van der Waals surface area contributed by atoms with E-state index < -0.39 is 0 Å². The molecule has 0 aromatic carbocycles. The summed E-state index contributed by atoms with van der Waals surface area (Å²) in [6, 6.07) is 0. The van der Waals surface area contributed by atoms with E-state index in [1.165, 1.54) is 18.6 Å². The number of rotatable bonds is 7. The van der Waals surface area contributed by atoms with Crippen LogP contribution in [0, 0.1) is 0 Å². The van der Waals surface area contributed by atoms with Crippen LogP contribution in [0.4, 0.5) is 0 Å². The van der Waals surface area contributed by atoms with Gasteiger partial charge in [0.2, 0.25) is 0 Å². The fraction of sp³-hybridized carbons (Fsp3) is 1.00. The standard InChI is InChI=1S/C12H25NOS/c1-3-7-13-12(10-14)6-5-11(9-12)15-8-4-2/h11,13-14H,3-10H2,1-2H3. The summed E-state index contributed by atoms with van der Waals surface area (Å²) < 4.78 is 0. The highest BCUT2D eigenvalue weighted by Gasteiger charge is 2.37. The quantitative estimate of drug-likeness (QED) is 0.706. The zero-order valence-electron chi connectivity index (χ0n) is 10.1. The van der Waals surface area contributed by atoms with Gasteiger partial charge in [0, 0.05) is 10.8 Å². The molecule has 90 valence electrons. The predicted molar refractivity (Wildman–Crippen MR) is 68.5 cm³/mol. The minimum absolute atomic E-state index is 0.0431. The maximum Gasteiger partial charge on any atom is 0.0613 e. The van der Waals surface area contributed by atoms with Crippen molar-refractivity contribution in [1.29, 1.82) is 0 Å². The molecule has 0 saturated heterocycles. The summed E-state index contributed by atoms with van der Waals surface area (Å²) in [6.07, 6.45) is 5.96. The zero-order valence-corrected chi connectivity index (χ0v) is 10.9. The molecule has 0 spiro atoms. The maximum absolute atomic E-state index is 9.51. The van der Waals surface area contributed by atoms with E-state index in [9.17, 15) is 5.11 Å². The van der Waals surface area contributed by atoms with Crippen LogP contribution in [0.5, 0.6) is 0 Å². The SMILES string of the molecule is CCCNC1(CO)CCC(SCCC)C1. The molecule has 2 atom stereocenters. The topological polar surface area (TPSA) is 32.3 Å². The molecule has 2 nitrogen and oxygen atoms in total. The van der Waals surface area contributed by atoms with Gasteiger partial charge in [0.05, 0.1) is 6.61 Å². The summed E-state index contributed by atoms with van der Waals surface area (Å²) in [5, 5.41) is 13.8.